The predicted molar refractivity (Wildman–Crippen MR) is 103 cm³/mol. The van der Waals surface area contributed by atoms with Gasteiger partial charge in [0.15, 0.2) is 5.82 Å². The first kappa shape index (κ1) is 19.9. The van der Waals surface area contributed by atoms with Crippen molar-refractivity contribution in [3.8, 4) is 5.82 Å². The second kappa shape index (κ2) is 6.83. The Kier molecular flexibility index (Phi) is 4.53. The zero-order valence-corrected chi connectivity index (χ0v) is 16.5. The van der Waals surface area contributed by atoms with Crippen LogP contribution in [-0.2, 0) is 23.2 Å². The van der Waals surface area contributed by atoms with Gasteiger partial charge in [-0.1, -0.05) is 12.1 Å². The lowest BCUT2D eigenvalue weighted by atomic mass is 10.2. The molecular weight excluding hydrogens is 421 g/mol. The molecule has 0 aliphatic heterocycles. The van der Waals surface area contributed by atoms with Crippen LogP contribution in [0, 0.1) is 6.92 Å². The molecule has 30 heavy (non-hydrogen) atoms. The van der Waals surface area contributed by atoms with E-state index in [0.717, 1.165) is 34.6 Å². The van der Waals surface area contributed by atoms with Gasteiger partial charge in [-0.2, -0.15) is 23.4 Å². The van der Waals surface area contributed by atoms with Crippen LogP contribution in [0.3, 0.4) is 0 Å². The lowest BCUT2D eigenvalue weighted by molar-refractivity contribution is -0.137. The van der Waals surface area contributed by atoms with E-state index in [1.165, 1.54) is 11.6 Å². The molecule has 0 aliphatic carbocycles. The summed E-state index contributed by atoms with van der Waals surface area (Å²) < 4.78 is 70.0. The Morgan fingerprint density at radius 3 is 2.60 bits per heavy atom. The fraction of sp³-hybridized carbons (Fsp3) is 0.167. The number of aryl methyl sites for hydroxylation is 1. The minimum absolute atomic E-state index is 0.117. The van der Waals surface area contributed by atoms with Crippen molar-refractivity contribution in [1.29, 1.82) is 0 Å². The normalized spacial score (nSPS) is 12.4. The molecule has 0 saturated carbocycles. The zero-order chi connectivity index (χ0) is 21.7. The minimum atomic E-state index is -4.56. The Bertz CT molecular complexity index is 1360. The van der Waals surface area contributed by atoms with E-state index in [1.807, 2.05) is 0 Å². The van der Waals surface area contributed by atoms with Gasteiger partial charge in [-0.3, -0.25) is 9.40 Å². The van der Waals surface area contributed by atoms with Crippen LogP contribution in [-0.4, -0.2) is 33.0 Å². The Morgan fingerprint density at radius 1 is 1.10 bits per heavy atom. The molecule has 1 N–H and O–H groups in total. The van der Waals surface area contributed by atoms with E-state index in [4.69, 9.17) is 0 Å². The van der Waals surface area contributed by atoms with Crippen molar-refractivity contribution >= 4 is 26.6 Å². The van der Waals surface area contributed by atoms with Crippen molar-refractivity contribution in [1.82, 2.24) is 24.5 Å². The van der Waals surface area contributed by atoms with Crippen LogP contribution in [0.4, 0.5) is 18.9 Å². The van der Waals surface area contributed by atoms with Gasteiger partial charge in [0.1, 0.15) is 4.90 Å². The second-order valence-corrected chi connectivity index (χ2v) is 8.17. The van der Waals surface area contributed by atoms with E-state index in [1.54, 1.807) is 31.4 Å². The maximum Gasteiger partial charge on any atom is 0.416 e. The monoisotopic (exact) mass is 436 g/mol. The lowest BCUT2D eigenvalue weighted by Gasteiger charge is -2.11. The van der Waals surface area contributed by atoms with Crippen LogP contribution in [0.1, 0.15) is 11.3 Å². The third-order valence-corrected chi connectivity index (χ3v) is 6.02. The molecule has 1 aromatic carbocycles. The summed E-state index contributed by atoms with van der Waals surface area (Å²) in [5.41, 5.74) is 0.113. The van der Waals surface area contributed by atoms with Crippen molar-refractivity contribution in [2.75, 3.05) is 4.72 Å². The highest BCUT2D eigenvalue weighted by Gasteiger charge is 2.31. The smallest absolute Gasteiger partial charge is 0.277 e. The number of fused-ring (bicyclic) bond motifs is 1. The van der Waals surface area contributed by atoms with E-state index >= 15 is 0 Å². The number of alkyl halides is 3. The van der Waals surface area contributed by atoms with Gasteiger partial charge >= 0.3 is 6.18 Å². The molecule has 4 rings (SSSR count). The van der Waals surface area contributed by atoms with E-state index in [9.17, 15) is 21.6 Å². The molecule has 12 heteroatoms. The van der Waals surface area contributed by atoms with Crippen LogP contribution >= 0.6 is 0 Å². The van der Waals surface area contributed by atoms with E-state index in [2.05, 4.69) is 19.9 Å². The molecule has 0 amide bonds. The number of anilines is 1. The molecule has 3 aromatic heterocycles. The topological polar surface area (TPSA) is 94.7 Å². The fourth-order valence-corrected chi connectivity index (χ4v) is 4.34. The number of nitrogens with zero attached hydrogens (tertiary/aromatic N) is 5. The highest BCUT2D eigenvalue weighted by molar-refractivity contribution is 7.92. The molecular formula is C18H15F3N6O2S. The zero-order valence-electron chi connectivity index (χ0n) is 15.7. The molecule has 156 valence electrons. The summed E-state index contributed by atoms with van der Waals surface area (Å²) in [5.74, 6) is -0.141. The van der Waals surface area contributed by atoms with Gasteiger partial charge in [0.2, 0.25) is 0 Å². The van der Waals surface area contributed by atoms with Crippen molar-refractivity contribution in [3.63, 3.8) is 0 Å². The molecule has 8 nitrogen and oxygen atoms in total. The number of hydrogen-bond donors (Lipinski definition) is 1. The van der Waals surface area contributed by atoms with E-state index in [-0.39, 0.29) is 16.4 Å². The van der Waals surface area contributed by atoms with Gasteiger partial charge in [-0.25, -0.2) is 18.1 Å². The predicted octanol–water partition coefficient (Wildman–Crippen LogP) is 3.28. The van der Waals surface area contributed by atoms with Crippen LogP contribution in [0.25, 0.3) is 16.7 Å². The van der Waals surface area contributed by atoms with Crippen molar-refractivity contribution in [3.05, 3.63) is 60.2 Å². The number of benzene rings is 1. The quantitative estimate of drug-likeness (QED) is 0.530. The van der Waals surface area contributed by atoms with Crippen LogP contribution in [0.2, 0.25) is 0 Å². The Labute approximate surface area is 169 Å². The number of aromatic nitrogens is 5. The number of sulfonamides is 1. The molecule has 0 fully saturated rings. The average molecular weight is 436 g/mol. The summed E-state index contributed by atoms with van der Waals surface area (Å²) >= 11 is 0. The van der Waals surface area contributed by atoms with Gasteiger partial charge in [-0.15, -0.1) is 0 Å². The summed E-state index contributed by atoms with van der Waals surface area (Å²) in [7, 11) is -2.40. The Balaban J connectivity index is 1.74. The SMILES string of the molecule is Cc1c(S(=O)(=O)Nc2cccc3cnn(C)c23)cnn1-c1cc(C(F)(F)F)ccn1. The highest BCUT2D eigenvalue weighted by Crippen LogP contribution is 2.30. The largest absolute Gasteiger partial charge is 0.416 e. The molecule has 0 unspecified atom stereocenters. The molecule has 0 spiro atoms. The molecule has 0 radical (unpaired) electrons. The van der Waals surface area contributed by atoms with Gasteiger partial charge in [0, 0.05) is 18.6 Å². The summed E-state index contributed by atoms with van der Waals surface area (Å²) in [6.45, 7) is 1.44. The van der Waals surface area contributed by atoms with Gasteiger partial charge in [-0.05, 0) is 25.1 Å². The Hall–Kier alpha value is -3.41. The molecule has 3 heterocycles. The van der Waals surface area contributed by atoms with Crippen molar-refractivity contribution < 1.29 is 21.6 Å². The number of para-hydroxylation sites is 1. The minimum Gasteiger partial charge on any atom is -0.277 e. The first-order valence-electron chi connectivity index (χ1n) is 8.60. The standard InChI is InChI=1S/C18H15F3N6O2S/c1-11-15(10-24-27(11)16-8-13(6-7-22-16)18(19,20)21)30(28,29)25-14-5-3-4-12-9-23-26(2)17(12)14/h3-10,25H,1-2H3. The molecule has 0 saturated heterocycles. The third-order valence-electron chi connectivity index (χ3n) is 4.55. The van der Waals surface area contributed by atoms with E-state index < -0.39 is 21.8 Å². The van der Waals surface area contributed by atoms with Crippen LogP contribution < -0.4 is 4.72 Å². The molecule has 0 aliphatic rings. The second-order valence-electron chi connectivity index (χ2n) is 6.52. The van der Waals surface area contributed by atoms with Gasteiger partial charge in [0.05, 0.1) is 34.9 Å². The lowest BCUT2D eigenvalue weighted by Crippen LogP contribution is -2.15. The summed E-state index contributed by atoms with van der Waals surface area (Å²) in [6, 6.07) is 6.71. The maximum atomic E-state index is 13.0. The summed E-state index contributed by atoms with van der Waals surface area (Å²) in [5, 5.41) is 8.80. The molecule has 0 atom stereocenters. The highest BCUT2D eigenvalue weighted by atomic mass is 32.2. The first-order valence-corrected chi connectivity index (χ1v) is 10.1. The van der Waals surface area contributed by atoms with Crippen molar-refractivity contribution in [2.45, 2.75) is 18.0 Å². The summed E-state index contributed by atoms with van der Waals surface area (Å²) in [6.07, 6.45) is -0.884. The van der Waals surface area contributed by atoms with Gasteiger partial charge in [0.25, 0.3) is 10.0 Å². The van der Waals surface area contributed by atoms with Crippen molar-refractivity contribution in [2.24, 2.45) is 7.05 Å². The maximum absolute atomic E-state index is 13.0. The molecule has 4 aromatic rings. The first-order chi connectivity index (χ1) is 14.1. The summed E-state index contributed by atoms with van der Waals surface area (Å²) in [4.78, 5) is 3.70. The van der Waals surface area contributed by atoms with Gasteiger partial charge < -0.3 is 0 Å². The molecule has 0 bridgehead atoms. The third kappa shape index (κ3) is 3.38. The van der Waals surface area contributed by atoms with E-state index in [0.29, 0.717) is 11.2 Å². The number of nitrogens with one attached hydrogen (secondary N) is 1. The van der Waals surface area contributed by atoms with Crippen LogP contribution in [0.5, 0.6) is 0 Å². The number of rotatable bonds is 4. The number of pyridine rings is 1. The van der Waals surface area contributed by atoms with Crippen LogP contribution in [0.15, 0.2) is 53.8 Å². The fourth-order valence-electron chi connectivity index (χ4n) is 3.12. The average Bonchev–Trinajstić information content (AvgIpc) is 3.25. The number of hydrogen-bond acceptors (Lipinski definition) is 5. The number of halogens is 3. The Morgan fingerprint density at radius 2 is 1.87 bits per heavy atom.